The Kier molecular flexibility index (Phi) is 8.52. The van der Waals surface area contributed by atoms with Crippen molar-refractivity contribution in [2.75, 3.05) is 6.61 Å². The Bertz CT molecular complexity index is 906. The second kappa shape index (κ2) is 10.7. The highest BCUT2D eigenvalue weighted by molar-refractivity contribution is 6.31. The fourth-order valence-corrected chi connectivity index (χ4v) is 3.37. The molecule has 0 heterocycles. The number of nitrogens with one attached hydrogen (secondary N) is 1. The molecule has 0 aliphatic carbocycles. The zero-order valence-corrected chi connectivity index (χ0v) is 20.0. The van der Waals surface area contributed by atoms with E-state index in [2.05, 4.69) is 19.2 Å². The van der Waals surface area contributed by atoms with Crippen LogP contribution in [0.4, 0.5) is 0 Å². The average Bonchev–Trinajstić information content (AvgIpc) is 2.69. The molecular weight excluding hydrogens is 412 g/mol. The van der Waals surface area contributed by atoms with Crippen molar-refractivity contribution in [2.45, 2.75) is 65.6 Å². The van der Waals surface area contributed by atoms with Crippen molar-refractivity contribution in [1.29, 1.82) is 0 Å². The molecule has 0 fully saturated rings. The highest BCUT2D eigenvalue weighted by Gasteiger charge is 2.29. The molecule has 2 aromatic carbocycles. The Hall–Kier alpha value is -2.53. The molecule has 2 amide bonds. The number of nitrogens with zero attached hydrogens (tertiary/aromatic N) is 1. The van der Waals surface area contributed by atoms with E-state index in [1.54, 1.807) is 13.0 Å². The van der Waals surface area contributed by atoms with Crippen LogP contribution in [-0.4, -0.2) is 34.9 Å². The molecule has 0 saturated heterocycles. The van der Waals surface area contributed by atoms with Crippen molar-refractivity contribution >= 4 is 23.4 Å². The van der Waals surface area contributed by atoms with Crippen LogP contribution in [0, 0.1) is 0 Å². The van der Waals surface area contributed by atoms with Gasteiger partial charge in [0.15, 0.2) is 6.61 Å². The predicted octanol–water partition coefficient (Wildman–Crippen LogP) is 5.17. The number of carbonyl (C=O) groups is 2. The van der Waals surface area contributed by atoms with Gasteiger partial charge in [-0.3, -0.25) is 9.59 Å². The Labute approximate surface area is 190 Å². The van der Waals surface area contributed by atoms with Gasteiger partial charge in [-0.15, -0.1) is 0 Å². The van der Waals surface area contributed by atoms with Crippen molar-refractivity contribution in [3.8, 4) is 5.75 Å². The number of ether oxygens (including phenoxy) is 1. The molecule has 1 unspecified atom stereocenters. The van der Waals surface area contributed by atoms with E-state index in [4.69, 9.17) is 16.3 Å². The third-order valence-corrected chi connectivity index (χ3v) is 5.22. The number of hydrogen-bond donors (Lipinski definition) is 1. The van der Waals surface area contributed by atoms with E-state index < -0.39 is 11.6 Å². The molecule has 2 rings (SSSR count). The van der Waals surface area contributed by atoms with Gasteiger partial charge in [0.25, 0.3) is 5.91 Å². The zero-order chi connectivity index (χ0) is 23.2. The second-order valence-electron chi connectivity index (χ2n) is 9.01. The molecule has 0 saturated carbocycles. The Morgan fingerprint density at radius 2 is 1.65 bits per heavy atom. The minimum Gasteiger partial charge on any atom is -0.483 e. The summed E-state index contributed by atoms with van der Waals surface area (Å²) in [6, 6.07) is 14.3. The van der Waals surface area contributed by atoms with Gasteiger partial charge in [-0.1, -0.05) is 61.8 Å². The summed E-state index contributed by atoms with van der Waals surface area (Å²) in [6.07, 6.45) is 0. The molecule has 0 spiro atoms. The first kappa shape index (κ1) is 24.7. The molecule has 6 heteroatoms. The van der Waals surface area contributed by atoms with Gasteiger partial charge in [0.05, 0.1) is 0 Å². The van der Waals surface area contributed by atoms with Crippen molar-refractivity contribution in [2.24, 2.45) is 0 Å². The van der Waals surface area contributed by atoms with Gasteiger partial charge in [0.2, 0.25) is 5.91 Å². The third kappa shape index (κ3) is 7.28. The molecule has 2 aromatic rings. The first-order valence-electron chi connectivity index (χ1n) is 10.6. The number of rotatable bonds is 8. The van der Waals surface area contributed by atoms with Crippen LogP contribution < -0.4 is 10.1 Å². The summed E-state index contributed by atoms with van der Waals surface area (Å²) < 4.78 is 5.88. The summed E-state index contributed by atoms with van der Waals surface area (Å²) in [7, 11) is 0. The Morgan fingerprint density at radius 3 is 2.26 bits per heavy atom. The third-order valence-electron chi connectivity index (χ3n) is 4.86. The van der Waals surface area contributed by atoms with Gasteiger partial charge in [0, 0.05) is 17.1 Å². The van der Waals surface area contributed by atoms with Crippen LogP contribution in [0.3, 0.4) is 0 Å². The number of halogens is 1. The van der Waals surface area contributed by atoms with Crippen LogP contribution in [0.25, 0.3) is 0 Å². The maximum atomic E-state index is 13.2. The lowest BCUT2D eigenvalue weighted by atomic mass is 10.0. The van der Waals surface area contributed by atoms with Crippen molar-refractivity contribution < 1.29 is 14.3 Å². The van der Waals surface area contributed by atoms with E-state index in [1.165, 1.54) is 4.90 Å². The van der Waals surface area contributed by atoms with E-state index in [1.807, 2.05) is 63.2 Å². The van der Waals surface area contributed by atoms with Crippen LogP contribution in [0.1, 0.15) is 58.6 Å². The van der Waals surface area contributed by atoms with Crippen molar-refractivity contribution in [3.05, 3.63) is 64.7 Å². The topological polar surface area (TPSA) is 58.6 Å². The first-order valence-corrected chi connectivity index (χ1v) is 10.9. The Morgan fingerprint density at radius 1 is 1.03 bits per heavy atom. The average molecular weight is 445 g/mol. The molecule has 0 radical (unpaired) electrons. The van der Waals surface area contributed by atoms with E-state index in [0.29, 0.717) is 10.8 Å². The van der Waals surface area contributed by atoms with Gasteiger partial charge in [0.1, 0.15) is 11.8 Å². The van der Waals surface area contributed by atoms with Gasteiger partial charge in [-0.25, -0.2) is 0 Å². The highest BCUT2D eigenvalue weighted by Crippen LogP contribution is 2.26. The van der Waals surface area contributed by atoms with E-state index in [0.717, 1.165) is 11.1 Å². The van der Waals surface area contributed by atoms with Crippen LogP contribution in [0.15, 0.2) is 48.5 Å². The zero-order valence-electron chi connectivity index (χ0n) is 19.2. The summed E-state index contributed by atoms with van der Waals surface area (Å²) >= 11 is 6.32. The maximum Gasteiger partial charge on any atom is 0.261 e. The molecule has 1 atom stereocenters. The van der Waals surface area contributed by atoms with E-state index >= 15 is 0 Å². The van der Waals surface area contributed by atoms with Crippen LogP contribution in [0.2, 0.25) is 5.02 Å². The van der Waals surface area contributed by atoms with Gasteiger partial charge in [-0.2, -0.15) is 0 Å². The fraction of sp³-hybridized carbons (Fsp3) is 0.440. The quantitative estimate of drug-likeness (QED) is 0.610. The minimum atomic E-state index is -0.688. The smallest absolute Gasteiger partial charge is 0.261 e. The van der Waals surface area contributed by atoms with E-state index in [-0.39, 0.29) is 30.9 Å². The first-order chi connectivity index (χ1) is 14.5. The molecule has 0 aliphatic rings. The van der Waals surface area contributed by atoms with Crippen molar-refractivity contribution in [3.63, 3.8) is 0 Å². The summed E-state index contributed by atoms with van der Waals surface area (Å²) in [5.74, 6) is 0.433. The summed E-state index contributed by atoms with van der Waals surface area (Å²) in [6.45, 7) is 11.6. The standard InChI is InChI=1S/C25H33ClN2O3/c1-17(2)20-12-8-10-14-22(20)31-16-23(29)28(15-19-11-7-9-13-21(19)26)18(3)24(30)27-25(4,5)6/h7-14,17-18H,15-16H2,1-6H3,(H,27,30). The van der Waals surface area contributed by atoms with Gasteiger partial charge in [-0.05, 0) is 56.9 Å². The minimum absolute atomic E-state index is 0.165. The molecule has 0 bridgehead atoms. The lowest BCUT2D eigenvalue weighted by Crippen LogP contribution is -2.53. The number of carbonyl (C=O) groups excluding carboxylic acids is 2. The molecule has 1 N–H and O–H groups in total. The fourth-order valence-electron chi connectivity index (χ4n) is 3.18. The van der Waals surface area contributed by atoms with Crippen molar-refractivity contribution in [1.82, 2.24) is 10.2 Å². The van der Waals surface area contributed by atoms with Gasteiger partial charge < -0.3 is 15.0 Å². The summed E-state index contributed by atoms with van der Waals surface area (Å²) in [5, 5.41) is 3.50. The summed E-state index contributed by atoms with van der Waals surface area (Å²) in [5.41, 5.74) is 1.40. The molecule has 31 heavy (non-hydrogen) atoms. The van der Waals surface area contributed by atoms with E-state index in [9.17, 15) is 9.59 Å². The normalized spacial score (nSPS) is 12.4. The lowest BCUT2D eigenvalue weighted by Gasteiger charge is -2.31. The largest absolute Gasteiger partial charge is 0.483 e. The maximum absolute atomic E-state index is 13.2. The predicted molar refractivity (Wildman–Crippen MR) is 125 cm³/mol. The number of para-hydroxylation sites is 1. The van der Waals surface area contributed by atoms with Crippen LogP contribution >= 0.6 is 11.6 Å². The molecule has 5 nitrogen and oxygen atoms in total. The van der Waals surface area contributed by atoms with Crippen LogP contribution in [0.5, 0.6) is 5.75 Å². The lowest BCUT2D eigenvalue weighted by molar-refractivity contribution is -0.142. The highest BCUT2D eigenvalue weighted by atomic mass is 35.5. The molecule has 0 aliphatic heterocycles. The molecule has 168 valence electrons. The molecular formula is C25H33ClN2O3. The number of hydrogen-bond acceptors (Lipinski definition) is 3. The van der Waals surface area contributed by atoms with Crippen LogP contribution in [-0.2, 0) is 16.1 Å². The monoisotopic (exact) mass is 444 g/mol. The SMILES string of the molecule is CC(C)c1ccccc1OCC(=O)N(Cc1ccccc1Cl)C(C)C(=O)NC(C)(C)C. The number of benzene rings is 2. The Balaban J connectivity index is 2.23. The van der Waals surface area contributed by atoms with Gasteiger partial charge >= 0.3 is 0 Å². The summed E-state index contributed by atoms with van der Waals surface area (Å²) in [4.78, 5) is 27.5. The number of amides is 2. The molecule has 0 aromatic heterocycles. The second-order valence-corrected chi connectivity index (χ2v) is 9.42.